The van der Waals surface area contributed by atoms with Gasteiger partial charge < -0.3 is 29.6 Å². The number of piperidine rings is 1. The van der Waals surface area contributed by atoms with Crippen LogP contribution >= 0.6 is 0 Å². The van der Waals surface area contributed by atoms with Gasteiger partial charge in [0.25, 0.3) is 5.91 Å². The minimum absolute atomic E-state index is 0.0693. The van der Waals surface area contributed by atoms with Gasteiger partial charge in [-0.2, -0.15) is 10.1 Å². The first-order valence-corrected chi connectivity index (χ1v) is 15.7. The molecule has 6 rings (SSSR count). The predicted octanol–water partition coefficient (Wildman–Crippen LogP) is 2.75. The maximum Gasteiger partial charge on any atom is 0.251 e. The van der Waals surface area contributed by atoms with Crippen LogP contribution in [0.1, 0.15) is 53.0 Å². The summed E-state index contributed by atoms with van der Waals surface area (Å²) in [6, 6.07) is 7.56. The number of rotatable bonds is 8. The lowest BCUT2D eigenvalue weighted by atomic mass is 10.1. The van der Waals surface area contributed by atoms with Crippen LogP contribution in [0, 0.1) is 6.92 Å². The zero-order valence-electron chi connectivity index (χ0n) is 23.6. The topological polar surface area (TPSA) is 129 Å². The molecule has 218 valence electrons. The summed E-state index contributed by atoms with van der Waals surface area (Å²) < 4.78 is 26.2. The molecule has 2 saturated heterocycles. The molecule has 2 aromatic heterocycles. The number of hydrogen-bond acceptors (Lipinski definition) is 9. The molecule has 0 bridgehead atoms. The van der Waals surface area contributed by atoms with Crippen LogP contribution in [0.15, 0.2) is 35.4 Å². The van der Waals surface area contributed by atoms with Crippen LogP contribution in [0.5, 0.6) is 5.75 Å². The molecule has 41 heavy (non-hydrogen) atoms. The maximum atomic E-state index is 12.7. The average molecular weight is 580 g/mol. The van der Waals surface area contributed by atoms with Gasteiger partial charge in [0, 0.05) is 70.4 Å². The van der Waals surface area contributed by atoms with Gasteiger partial charge in [0.1, 0.15) is 23.3 Å². The van der Waals surface area contributed by atoms with Crippen molar-refractivity contribution >= 4 is 28.8 Å². The van der Waals surface area contributed by atoms with Crippen molar-refractivity contribution in [2.24, 2.45) is 7.05 Å². The summed E-state index contributed by atoms with van der Waals surface area (Å²) in [6.45, 7) is 5.39. The Morgan fingerprint density at radius 2 is 1.90 bits per heavy atom. The summed E-state index contributed by atoms with van der Waals surface area (Å²) in [5.74, 6) is 2.65. The average Bonchev–Trinajstić information content (AvgIpc) is 3.53. The Bertz CT molecular complexity index is 1370. The standard InChI is InChI=1S/C29H37N7O4S/c1-19-18-35(2)34-25(19)17-30-28(37)20-3-5-22(6-4-20)40-23-7-12-36(13-8-23)29-32-24-11-16-41(38)26(24)27(33-29)31-21-9-14-39-15-10-21/h3-6,18,21,23H,7-17H2,1-2H3,(H,30,37)(H,31,32,33). The third kappa shape index (κ3) is 6.44. The van der Waals surface area contributed by atoms with E-state index in [2.05, 4.69) is 20.6 Å². The van der Waals surface area contributed by atoms with Gasteiger partial charge in [-0.25, -0.2) is 4.98 Å². The maximum absolute atomic E-state index is 12.7. The van der Waals surface area contributed by atoms with Crippen molar-refractivity contribution in [3.8, 4) is 5.75 Å². The molecule has 3 aliphatic heterocycles. The van der Waals surface area contributed by atoms with Crippen LogP contribution in [0.4, 0.5) is 11.8 Å². The first-order valence-electron chi connectivity index (χ1n) is 14.4. The van der Waals surface area contributed by atoms with Crippen LogP contribution in [-0.2, 0) is 35.9 Å². The third-order valence-electron chi connectivity index (χ3n) is 7.91. The summed E-state index contributed by atoms with van der Waals surface area (Å²) in [7, 11) is 1.87. The molecule has 0 aliphatic carbocycles. The number of anilines is 2. The van der Waals surface area contributed by atoms with E-state index >= 15 is 0 Å². The fourth-order valence-electron chi connectivity index (χ4n) is 5.60. The van der Waals surface area contributed by atoms with E-state index in [-0.39, 0.29) is 18.1 Å². The van der Waals surface area contributed by atoms with Crippen molar-refractivity contribution < 1.29 is 18.8 Å². The van der Waals surface area contributed by atoms with E-state index in [0.717, 1.165) is 91.8 Å². The number of hydrogen-bond donors (Lipinski definition) is 2. The second-order valence-electron chi connectivity index (χ2n) is 10.9. The van der Waals surface area contributed by atoms with E-state index in [1.807, 2.05) is 32.3 Å². The van der Waals surface area contributed by atoms with Crippen LogP contribution in [0.2, 0.25) is 0 Å². The minimum Gasteiger partial charge on any atom is -0.611 e. The molecule has 3 aromatic rings. The summed E-state index contributed by atoms with van der Waals surface area (Å²) in [4.78, 5) is 25.3. The summed E-state index contributed by atoms with van der Waals surface area (Å²) in [5, 5.41) is 10.9. The van der Waals surface area contributed by atoms with Crippen LogP contribution < -0.4 is 20.3 Å². The van der Waals surface area contributed by atoms with Crippen molar-refractivity contribution in [3.05, 3.63) is 53.0 Å². The predicted molar refractivity (Wildman–Crippen MR) is 156 cm³/mol. The normalized spacial score (nSPS) is 19.7. The molecule has 12 heteroatoms. The number of aromatic nitrogens is 4. The first-order chi connectivity index (χ1) is 19.9. The molecule has 1 unspecified atom stereocenters. The van der Waals surface area contributed by atoms with E-state index < -0.39 is 11.2 Å². The van der Waals surface area contributed by atoms with E-state index in [9.17, 15) is 9.35 Å². The van der Waals surface area contributed by atoms with E-state index in [1.165, 1.54) is 0 Å². The zero-order valence-corrected chi connectivity index (χ0v) is 24.4. The summed E-state index contributed by atoms with van der Waals surface area (Å²) in [5.41, 5.74) is 3.40. The molecule has 2 N–H and O–H groups in total. The molecule has 0 radical (unpaired) electrons. The molecule has 11 nitrogen and oxygen atoms in total. The van der Waals surface area contributed by atoms with Crippen LogP contribution in [0.25, 0.3) is 0 Å². The van der Waals surface area contributed by atoms with Gasteiger partial charge in [0.2, 0.25) is 10.8 Å². The molecule has 3 aliphatic rings. The van der Waals surface area contributed by atoms with Gasteiger partial charge in [-0.3, -0.25) is 9.48 Å². The fraction of sp³-hybridized carbons (Fsp3) is 0.517. The number of benzene rings is 1. The lowest BCUT2D eigenvalue weighted by molar-refractivity contribution is 0.0903. The Labute approximate surface area is 243 Å². The van der Waals surface area contributed by atoms with Gasteiger partial charge in [0.05, 0.1) is 12.2 Å². The van der Waals surface area contributed by atoms with E-state index in [4.69, 9.17) is 19.4 Å². The molecule has 1 atom stereocenters. The van der Waals surface area contributed by atoms with Crippen molar-refractivity contribution in [2.75, 3.05) is 42.3 Å². The van der Waals surface area contributed by atoms with Gasteiger partial charge in [-0.05, 0) is 60.8 Å². The van der Waals surface area contributed by atoms with Gasteiger partial charge in [-0.1, -0.05) is 0 Å². The highest BCUT2D eigenvalue weighted by atomic mass is 32.2. The highest BCUT2D eigenvalue weighted by Gasteiger charge is 2.34. The lowest BCUT2D eigenvalue weighted by Gasteiger charge is -2.32. The third-order valence-corrected chi connectivity index (χ3v) is 9.37. The Hall–Kier alpha value is -3.35. The van der Waals surface area contributed by atoms with Crippen molar-refractivity contribution in [1.82, 2.24) is 25.1 Å². The Morgan fingerprint density at radius 1 is 1.15 bits per heavy atom. The molecule has 1 amide bonds. The van der Waals surface area contributed by atoms with E-state index in [1.54, 1.807) is 16.8 Å². The monoisotopic (exact) mass is 579 g/mol. The minimum atomic E-state index is -1.06. The number of nitrogens with one attached hydrogen (secondary N) is 2. The first kappa shape index (κ1) is 27.8. The Balaban J connectivity index is 1.03. The number of carbonyl (C=O) groups is 1. The molecule has 2 fully saturated rings. The fourth-order valence-corrected chi connectivity index (χ4v) is 6.92. The van der Waals surface area contributed by atoms with Crippen molar-refractivity contribution in [1.29, 1.82) is 0 Å². The number of nitrogens with zero attached hydrogens (tertiary/aromatic N) is 5. The quantitative estimate of drug-likeness (QED) is 0.387. The molecule has 5 heterocycles. The Kier molecular flexibility index (Phi) is 8.31. The number of carbonyl (C=O) groups excluding carboxylic acids is 1. The zero-order chi connectivity index (χ0) is 28.3. The number of amides is 1. The summed E-state index contributed by atoms with van der Waals surface area (Å²) >= 11 is -1.06. The van der Waals surface area contributed by atoms with Gasteiger partial charge in [-0.15, -0.1) is 0 Å². The number of ether oxygens (including phenoxy) is 2. The smallest absolute Gasteiger partial charge is 0.251 e. The molecular formula is C29H37N7O4S. The second-order valence-corrected chi connectivity index (χ2v) is 12.4. The number of fused-ring (bicyclic) bond motifs is 1. The van der Waals surface area contributed by atoms with Crippen molar-refractivity contribution in [3.63, 3.8) is 0 Å². The molecule has 1 aromatic carbocycles. The van der Waals surface area contributed by atoms with Crippen molar-refractivity contribution in [2.45, 2.75) is 62.6 Å². The SMILES string of the molecule is Cc1cn(C)nc1CNC(=O)c1ccc(OC2CCN(c3nc4c(c(NC5CCOCC5)n3)[S+]([O-])CC4)CC2)cc1. The van der Waals surface area contributed by atoms with Gasteiger partial charge >= 0.3 is 0 Å². The van der Waals surface area contributed by atoms with Crippen LogP contribution in [0.3, 0.4) is 0 Å². The molecule has 0 spiro atoms. The number of aryl methyl sites for hydroxylation is 3. The largest absolute Gasteiger partial charge is 0.611 e. The molecule has 0 saturated carbocycles. The highest BCUT2D eigenvalue weighted by molar-refractivity contribution is 7.91. The van der Waals surface area contributed by atoms with Crippen LogP contribution in [-0.4, -0.2) is 74.4 Å². The lowest BCUT2D eigenvalue weighted by Crippen LogP contribution is -2.39. The molecular weight excluding hydrogens is 542 g/mol. The Morgan fingerprint density at radius 3 is 2.61 bits per heavy atom. The highest BCUT2D eigenvalue weighted by Crippen LogP contribution is 2.34. The second kappa shape index (κ2) is 12.3. The summed E-state index contributed by atoms with van der Waals surface area (Å²) in [6.07, 6.45) is 6.22. The van der Waals surface area contributed by atoms with E-state index in [0.29, 0.717) is 23.8 Å². The van der Waals surface area contributed by atoms with Gasteiger partial charge in [0.15, 0.2) is 5.82 Å².